The summed E-state index contributed by atoms with van der Waals surface area (Å²) in [7, 11) is 1.56. The average Bonchev–Trinajstić information content (AvgIpc) is 3.51. The first-order valence-electron chi connectivity index (χ1n) is 11.3. The van der Waals surface area contributed by atoms with Crippen molar-refractivity contribution < 1.29 is 9.53 Å². The number of nitrogens with zero attached hydrogens (tertiary/aromatic N) is 3. The topological polar surface area (TPSA) is 94.5 Å². The molecule has 0 bridgehead atoms. The number of benzene rings is 2. The van der Waals surface area contributed by atoms with Crippen molar-refractivity contribution in [3.05, 3.63) is 77.9 Å². The number of fused-ring (bicyclic) bond motifs is 1. The SMILES string of the molecule is COc1ccccc1C(=O)NCc1ccc(-c2nc(C3CCCC3)n3ccnc(N)c23)cc1. The maximum atomic E-state index is 12.6. The van der Waals surface area contributed by atoms with Crippen LogP contribution in [0.25, 0.3) is 16.8 Å². The molecule has 1 aliphatic carbocycles. The molecule has 7 nitrogen and oxygen atoms in total. The number of anilines is 1. The molecule has 3 N–H and O–H groups in total. The molecular weight excluding hydrogens is 414 g/mol. The zero-order valence-corrected chi connectivity index (χ0v) is 18.6. The van der Waals surface area contributed by atoms with Gasteiger partial charge in [0.05, 0.1) is 12.7 Å². The Morgan fingerprint density at radius 2 is 1.91 bits per heavy atom. The Hall–Kier alpha value is -3.87. The second-order valence-electron chi connectivity index (χ2n) is 8.41. The van der Waals surface area contributed by atoms with Crippen molar-refractivity contribution in [2.24, 2.45) is 0 Å². The van der Waals surface area contributed by atoms with Crippen molar-refractivity contribution in [3.8, 4) is 17.0 Å². The molecule has 0 atom stereocenters. The van der Waals surface area contributed by atoms with Gasteiger partial charge in [-0.1, -0.05) is 49.2 Å². The fourth-order valence-electron chi connectivity index (χ4n) is 4.65. The Kier molecular flexibility index (Phi) is 5.69. The van der Waals surface area contributed by atoms with Gasteiger partial charge in [0.2, 0.25) is 0 Å². The molecule has 4 aromatic rings. The van der Waals surface area contributed by atoms with E-state index in [0.717, 1.165) is 41.0 Å². The minimum atomic E-state index is -0.170. The zero-order chi connectivity index (χ0) is 22.8. The van der Waals surface area contributed by atoms with Crippen LogP contribution in [0.3, 0.4) is 0 Å². The van der Waals surface area contributed by atoms with Gasteiger partial charge in [-0.3, -0.25) is 9.20 Å². The third-order valence-electron chi connectivity index (χ3n) is 6.36. The molecule has 33 heavy (non-hydrogen) atoms. The molecule has 0 aliphatic heterocycles. The lowest BCUT2D eigenvalue weighted by atomic mass is 10.1. The number of imidazole rings is 1. The van der Waals surface area contributed by atoms with Crippen molar-refractivity contribution in [1.29, 1.82) is 0 Å². The van der Waals surface area contributed by atoms with Gasteiger partial charge >= 0.3 is 0 Å². The molecule has 1 aliphatic rings. The molecule has 2 aromatic carbocycles. The van der Waals surface area contributed by atoms with Crippen molar-refractivity contribution in [2.75, 3.05) is 12.8 Å². The summed E-state index contributed by atoms with van der Waals surface area (Å²) in [4.78, 5) is 21.9. The lowest BCUT2D eigenvalue weighted by Crippen LogP contribution is -2.23. The Morgan fingerprint density at radius 3 is 2.67 bits per heavy atom. The molecule has 5 rings (SSSR count). The summed E-state index contributed by atoms with van der Waals surface area (Å²) >= 11 is 0. The number of nitrogens with one attached hydrogen (secondary N) is 1. The Balaban J connectivity index is 1.38. The number of nitrogens with two attached hydrogens (primary N) is 1. The van der Waals surface area contributed by atoms with E-state index in [0.29, 0.717) is 29.6 Å². The second kappa shape index (κ2) is 8.94. The number of ether oxygens (including phenoxy) is 1. The predicted molar refractivity (Wildman–Crippen MR) is 128 cm³/mol. The summed E-state index contributed by atoms with van der Waals surface area (Å²) in [6.45, 7) is 0.415. The number of rotatable bonds is 6. The number of carbonyl (C=O) groups excluding carboxylic acids is 1. The van der Waals surface area contributed by atoms with Crippen LogP contribution in [0, 0.1) is 0 Å². The first-order chi connectivity index (χ1) is 16.2. The van der Waals surface area contributed by atoms with Gasteiger partial charge in [-0.15, -0.1) is 0 Å². The summed E-state index contributed by atoms with van der Waals surface area (Å²) in [5.41, 5.74) is 10.5. The van der Waals surface area contributed by atoms with Crippen LogP contribution in [0.1, 0.15) is 53.3 Å². The molecule has 1 saturated carbocycles. The fourth-order valence-corrected chi connectivity index (χ4v) is 4.65. The second-order valence-corrected chi connectivity index (χ2v) is 8.41. The lowest BCUT2D eigenvalue weighted by Gasteiger charge is -2.09. The lowest BCUT2D eigenvalue weighted by molar-refractivity contribution is 0.0948. The monoisotopic (exact) mass is 441 g/mol. The van der Waals surface area contributed by atoms with Gasteiger partial charge in [0.25, 0.3) is 5.91 Å². The number of nitrogen functional groups attached to an aromatic ring is 1. The number of carbonyl (C=O) groups is 1. The van der Waals surface area contributed by atoms with Crippen molar-refractivity contribution in [2.45, 2.75) is 38.1 Å². The van der Waals surface area contributed by atoms with Gasteiger partial charge in [0.1, 0.15) is 28.6 Å². The maximum absolute atomic E-state index is 12.6. The fraction of sp³-hybridized carbons (Fsp3) is 0.269. The van der Waals surface area contributed by atoms with Crippen molar-refractivity contribution in [3.63, 3.8) is 0 Å². The van der Waals surface area contributed by atoms with Crippen LogP contribution >= 0.6 is 0 Å². The smallest absolute Gasteiger partial charge is 0.255 e. The van der Waals surface area contributed by atoms with Gasteiger partial charge in [0.15, 0.2) is 0 Å². The molecule has 2 aromatic heterocycles. The quantitative estimate of drug-likeness (QED) is 0.457. The molecule has 7 heteroatoms. The predicted octanol–water partition coefficient (Wildman–Crippen LogP) is 4.57. The molecule has 1 amide bonds. The number of aromatic nitrogens is 3. The molecule has 0 radical (unpaired) electrons. The van der Waals surface area contributed by atoms with Gasteiger partial charge in [-0.25, -0.2) is 9.97 Å². The van der Waals surface area contributed by atoms with Gasteiger partial charge in [0, 0.05) is 30.4 Å². The standard InChI is InChI=1S/C26H27N5O2/c1-33-21-9-5-4-8-20(21)26(32)29-16-17-10-12-18(13-11-17)22-23-24(27)28-14-15-31(23)25(30-22)19-6-2-3-7-19/h4-5,8-15,19H,2-3,6-7,16H2,1H3,(H2,27,28)(H,29,32). The number of amides is 1. The van der Waals surface area contributed by atoms with Crippen LogP contribution in [0.5, 0.6) is 5.75 Å². The first kappa shape index (κ1) is 21.0. The van der Waals surface area contributed by atoms with E-state index in [1.54, 1.807) is 25.4 Å². The molecule has 0 unspecified atom stereocenters. The highest BCUT2D eigenvalue weighted by atomic mass is 16.5. The highest BCUT2D eigenvalue weighted by Gasteiger charge is 2.25. The number of methoxy groups -OCH3 is 1. The Labute approximate surface area is 192 Å². The summed E-state index contributed by atoms with van der Waals surface area (Å²) in [5.74, 6) is 2.40. The van der Waals surface area contributed by atoms with E-state index in [2.05, 4.69) is 14.7 Å². The van der Waals surface area contributed by atoms with E-state index >= 15 is 0 Å². The normalized spacial score (nSPS) is 14.0. The van der Waals surface area contributed by atoms with Crippen LogP contribution in [-0.4, -0.2) is 27.4 Å². The van der Waals surface area contributed by atoms with Gasteiger partial charge in [-0.2, -0.15) is 0 Å². The summed E-state index contributed by atoms with van der Waals surface area (Å²) < 4.78 is 7.39. The van der Waals surface area contributed by atoms with E-state index in [4.69, 9.17) is 15.5 Å². The molecule has 168 valence electrons. The largest absolute Gasteiger partial charge is 0.496 e. The van der Waals surface area contributed by atoms with Crippen LogP contribution in [-0.2, 0) is 6.54 Å². The van der Waals surface area contributed by atoms with Crippen molar-refractivity contribution in [1.82, 2.24) is 19.7 Å². The average molecular weight is 442 g/mol. The summed E-state index contributed by atoms with van der Waals surface area (Å²) in [6.07, 6.45) is 8.49. The van der Waals surface area contributed by atoms with E-state index in [1.165, 1.54) is 12.8 Å². The Bertz CT molecular complexity index is 1290. The highest BCUT2D eigenvalue weighted by molar-refractivity contribution is 5.96. The molecule has 2 heterocycles. The van der Waals surface area contributed by atoms with Crippen LogP contribution in [0.2, 0.25) is 0 Å². The van der Waals surface area contributed by atoms with E-state index in [1.807, 2.05) is 42.6 Å². The molecular formula is C26H27N5O2. The maximum Gasteiger partial charge on any atom is 0.255 e. The van der Waals surface area contributed by atoms with E-state index < -0.39 is 0 Å². The van der Waals surface area contributed by atoms with Crippen LogP contribution in [0.4, 0.5) is 5.82 Å². The van der Waals surface area contributed by atoms with Crippen molar-refractivity contribution >= 4 is 17.2 Å². The molecule has 0 spiro atoms. The molecule has 1 fully saturated rings. The van der Waals surface area contributed by atoms with Gasteiger partial charge < -0.3 is 15.8 Å². The number of hydrogen-bond acceptors (Lipinski definition) is 5. The minimum absolute atomic E-state index is 0.170. The number of para-hydroxylation sites is 1. The van der Waals surface area contributed by atoms with Gasteiger partial charge in [-0.05, 0) is 30.5 Å². The third kappa shape index (κ3) is 4.02. The molecule has 0 saturated heterocycles. The third-order valence-corrected chi connectivity index (χ3v) is 6.36. The van der Waals surface area contributed by atoms with Crippen LogP contribution < -0.4 is 15.8 Å². The Morgan fingerprint density at radius 1 is 1.15 bits per heavy atom. The van der Waals surface area contributed by atoms with E-state index in [-0.39, 0.29) is 5.91 Å². The number of hydrogen-bond donors (Lipinski definition) is 2. The van der Waals surface area contributed by atoms with Crippen LogP contribution in [0.15, 0.2) is 60.9 Å². The summed E-state index contributed by atoms with van der Waals surface area (Å²) in [5, 5.41) is 2.96. The first-order valence-corrected chi connectivity index (χ1v) is 11.3. The summed E-state index contributed by atoms with van der Waals surface area (Å²) in [6, 6.07) is 15.3. The van der Waals surface area contributed by atoms with E-state index in [9.17, 15) is 4.79 Å². The minimum Gasteiger partial charge on any atom is -0.496 e. The highest BCUT2D eigenvalue weighted by Crippen LogP contribution is 2.37. The zero-order valence-electron chi connectivity index (χ0n) is 18.6.